The molecule has 0 heterocycles. The van der Waals surface area contributed by atoms with E-state index in [0.29, 0.717) is 28.0 Å². The van der Waals surface area contributed by atoms with Gasteiger partial charge in [0, 0.05) is 6.26 Å². The van der Waals surface area contributed by atoms with Crippen molar-refractivity contribution in [2.45, 2.75) is 11.1 Å². The Hall–Kier alpha value is -2.80. The molecule has 0 saturated heterocycles. The van der Waals surface area contributed by atoms with Gasteiger partial charge in [-0.25, -0.2) is 8.42 Å². The molecule has 0 unspecified atom stereocenters. The second kappa shape index (κ2) is 7.31. The van der Waals surface area contributed by atoms with E-state index < -0.39 is 21.6 Å². The Morgan fingerprint density at radius 3 is 2.07 bits per heavy atom. The summed E-state index contributed by atoms with van der Waals surface area (Å²) in [5, 5.41) is 0. The molecule has 0 aliphatic rings. The van der Waals surface area contributed by atoms with E-state index in [1.807, 2.05) is 0 Å². The first-order valence-corrected chi connectivity index (χ1v) is 10.1. The van der Waals surface area contributed by atoms with Crippen molar-refractivity contribution in [2.75, 3.05) is 13.4 Å². The van der Waals surface area contributed by atoms with Gasteiger partial charge in [0.2, 0.25) is 0 Å². The number of alkyl halides is 3. The average molecular weight is 406 g/mol. The summed E-state index contributed by atoms with van der Waals surface area (Å²) in [5.41, 5.74) is 1.34. The summed E-state index contributed by atoms with van der Waals surface area (Å²) in [5.74, 6) is 0.522. The third-order valence-corrected chi connectivity index (χ3v) is 5.45. The molecule has 3 aromatic rings. The largest absolute Gasteiger partial charge is 0.497 e. The Kier molecular flexibility index (Phi) is 5.21. The summed E-state index contributed by atoms with van der Waals surface area (Å²) in [7, 11) is -1.88. The minimum atomic E-state index is -4.48. The number of sulfone groups is 1. The zero-order valence-corrected chi connectivity index (χ0v) is 15.9. The molecule has 3 nitrogen and oxygen atoms in total. The van der Waals surface area contributed by atoms with Gasteiger partial charge in [-0.3, -0.25) is 0 Å². The highest BCUT2D eigenvalue weighted by molar-refractivity contribution is 7.90. The predicted octanol–water partition coefficient (Wildman–Crippen LogP) is 5.45. The number of hydrogen-bond acceptors (Lipinski definition) is 3. The molecule has 0 radical (unpaired) electrons. The molecule has 3 rings (SSSR count). The summed E-state index contributed by atoms with van der Waals surface area (Å²) >= 11 is 0. The Morgan fingerprint density at radius 2 is 1.50 bits per heavy atom. The van der Waals surface area contributed by atoms with Crippen molar-refractivity contribution in [1.82, 2.24) is 0 Å². The lowest BCUT2D eigenvalue weighted by Crippen LogP contribution is -2.05. The number of benzene rings is 3. The molecule has 0 N–H and O–H groups in total. The van der Waals surface area contributed by atoms with E-state index in [1.54, 1.807) is 36.4 Å². The molecule has 0 fully saturated rings. The first-order valence-electron chi connectivity index (χ1n) is 8.26. The van der Waals surface area contributed by atoms with E-state index >= 15 is 0 Å². The van der Waals surface area contributed by atoms with Crippen molar-refractivity contribution >= 4 is 9.84 Å². The van der Waals surface area contributed by atoms with E-state index in [0.717, 1.165) is 18.4 Å². The van der Waals surface area contributed by atoms with Crippen molar-refractivity contribution in [3.63, 3.8) is 0 Å². The van der Waals surface area contributed by atoms with E-state index in [2.05, 4.69) is 0 Å². The fourth-order valence-electron chi connectivity index (χ4n) is 2.88. The van der Waals surface area contributed by atoms with Gasteiger partial charge < -0.3 is 4.74 Å². The minimum Gasteiger partial charge on any atom is -0.497 e. The maximum absolute atomic E-state index is 13.3. The van der Waals surface area contributed by atoms with Crippen molar-refractivity contribution in [3.05, 3.63) is 72.3 Å². The maximum Gasteiger partial charge on any atom is 0.416 e. The number of rotatable bonds is 4. The van der Waals surface area contributed by atoms with Crippen LogP contribution in [0.1, 0.15) is 5.56 Å². The molecule has 0 aliphatic carbocycles. The van der Waals surface area contributed by atoms with Gasteiger partial charge in [-0.15, -0.1) is 0 Å². The highest BCUT2D eigenvalue weighted by Crippen LogP contribution is 2.39. The van der Waals surface area contributed by atoms with Crippen molar-refractivity contribution in [1.29, 1.82) is 0 Å². The van der Waals surface area contributed by atoms with Crippen LogP contribution in [0.25, 0.3) is 22.3 Å². The van der Waals surface area contributed by atoms with Crippen LogP contribution in [-0.2, 0) is 16.0 Å². The number of methoxy groups -OCH3 is 1. The Morgan fingerprint density at radius 1 is 0.821 bits per heavy atom. The lowest BCUT2D eigenvalue weighted by molar-refractivity contribution is -0.137. The smallest absolute Gasteiger partial charge is 0.416 e. The molecule has 0 bridgehead atoms. The Balaban J connectivity index is 2.20. The first-order chi connectivity index (χ1) is 13.1. The summed E-state index contributed by atoms with van der Waals surface area (Å²) in [6.45, 7) is 0. The second-order valence-corrected chi connectivity index (χ2v) is 8.30. The van der Waals surface area contributed by atoms with Gasteiger partial charge >= 0.3 is 6.18 Å². The molecule has 28 heavy (non-hydrogen) atoms. The number of hydrogen-bond donors (Lipinski definition) is 0. The van der Waals surface area contributed by atoms with Gasteiger partial charge in [0.05, 0.1) is 17.6 Å². The standard InChI is InChI=1S/C21H17F3O3S/c1-27-17-5-3-4-15(12-17)20-13-16(21(22,23)24)8-11-19(20)14-6-9-18(10-7-14)28(2,25)26/h3-13H,1-2H3. The highest BCUT2D eigenvalue weighted by Gasteiger charge is 2.31. The Labute approximate surface area is 161 Å². The van der Waals surface area contributed by atoms with Crippen molar-refractivity contribution < 1.29 is 26.3 Å². The zero-order chi connectivity index (χ0) is 20.5. The van der Waals surface area contributed by atoms with Crippen LogP contribution in [0.15, 0.2) is 71.6 Å². The van der Waals surface area contributed by atoms with Gasteiger partial charge in [-0.05, 0) is 58.7 Å². The monoisotopic (exact) mass is 406 g/mol. The molecule has 146 valence electrons. The van der Waals surface area contributed by atoms with Crippen LogP contribution in [0.5, 0.6) is 5.75 Å². The van der Waals surface area contributed by atoms with Gasteiger partial charge in [0.15, 0.2) is 9.84 Å². The lowest BCUT2D eigenvalue weighted by Gasteiger charge is -2.15. The maximum atomic E-state index is 13.3. The third-order valence-electron chi connectivity index (χ3n) is 4.32. The van der Waals surface area contributed by atoms with Crippen LogP contribution in [0.3, 0.4) is 0 Å². The second-order valence-electron chi connectivity index (χ2n) is 6.29. The van der Waals surface area contributed by atoms with E-state index in [1.165, 1.54) is 25.3 Å². The quantitative estimate of drug-likeness (QED) is 0.579. The molecule has 0 spiro atoms. The van der Waals surface area contributed by atoms with E-state index in [9.17, 15) is 21.6 Å². The van der Waals surface area contributed by atoms with E-state index in [4.69, 9.17) is 4.74 Å². The van der Waals surface area contributed by atoms with Crippen LogP contribution in [0.4, 0.5) is 13.2 Å². The molecule has 3 aromatic carbocycles. The fraction of sp³-hybridized carbons (Fsp3) is 0.143. The molecular formula is C21H17F3O3S. The summed E-state index contributed by atoms with van der Waals surface area (Å²) < 4.78 is 68.3. The van der Waals surface area contributed by atoms with Crippen molar-refractivity contribution in [2.24, 2.45) is 0 Å². The topological polar surface area (TPSA) is 43.4 Å². The van der Waals surface area contributed by atoms with E-state index in [-0.39, 0.29) is 4.90 Å². The summed E-state index contributed by atoms with van der Waals surface area (Å²) in [6.07, 6.45) is -3.38. The summed E-state index contributed by atoms with van der Waals surface area (Å²) in [4.78, 5) is 0.145. The van der Waals surface area contributed by atoms with Gasteiger partial charge in [-0.2, -0.15) is 13.2 Å². The van der Waals surface area contributed by atoms with Gasteiger partial charge in [0.1, 0.15) is 5.75 Å². The van der Waals surface area contributed by atoms with Crippen LogP contribution in [-0.4, -0.2) is 21.8 Å². The van der Waals surface area contributed by atoms with Crippen LogP contribution < -0.4 is 4.74 Å². The van der Waals surface area contributed by atoms with Crippen LogP contribution in [0.2, 0.25) is 0 Å². The third kappa shape index (κ3) is 4.20. The Bertz CT molecular complexity index is 1100. The van der Waals surface area contributed by atoms with Crippen LogP contribution in [0, 0.1) is 0 Å². The SMILES string of the molecule is COc1cccc(-c2cc(C(F)(F)F)ccc2-c2ccc(S(C)(=O)=O)cc2)c1. The number of halogens is 3. The molecule has 0 aromatic heterocycles. The lowest BCUT2D eigenvalue weighted by atomic mass is 9.92. The number of ether oxygens (including phenoxy) is 1. The molecule has 0 atom stereocenters. The molecule has 7 heteroatoms. The van der Waals surface area contributed by atoms with Gasteiger partial charge in [-0.1, -0.05) is 30.3 Å². The van der Waals surface area contributed by atoms with Crippen LogP contribution >= 0.6 is 0 Å². The predicted molar refractivity (Wildman–Crippen MR) is 102 cm³/mol. The zero-order valence-electron chi connectivity index (χ0n) is 15.1. The average Bonchev–Trinajstić information content (AvgIpc) is 2.66. The fourth-order valence-corrected chi connectivity index (χ4v) is 3.51. The molecule has 0 aliphatic heterocycles. The molecule has 0 saturated carbocycles. The molecular weight excluding hydrogens is 389 g/mol. The van der Waals surface area contributed by atoms with Crippen molar-refractivity contribution in [3.8, 4) is 28.0 Å². The highest BCUT2D eigenvalue weighted by atomic mass is 32.2. The minimum absolute atomic E-state index is 0.145. The normalized spacial score (nSPS) is 12.0. The first kappa shape index (κ1) is 19.9. The summed E-state index contributed by atoms with van der Waals surface area (Å²) in [6, 6.07) is 16.3. The molecule has 0 amide bonds. The van der Waals surface area contributed by atoms with Gasteiger partial charge in [0.25, 0.3) is 0 Å².